The van der Waals surface area contributed by atoms with Crippen molar-refractivity contribution in [2.75, 3.05) is 32.0 Å². The molecule has 0 bridgehead atoms. The molecule has 0 saturated heterocycles. The molecule has 6 heteroatoms. The van der Waals surface area contributed by atoms with Crippen molar-refractivity contribution in [1.82, 2.24) is 9.88 Å². The number of carbonyl (C=O) groups is 1. The minimum absolute atomic E-state index is 0.186. The quantitative estimate of drug-likeness (QED) is 0.212. The van der Waals surface area contributed by atoms with E-state index in [0.29, 0.717) is 12.4 Å². The Bertz CT molecular complexity index is 1370. The maximum Gasteiger partial charge on any atom is 0.316 e. The predicted octanol–water partition coefficient (Wildman–Crippen LogP) is 7.11. The number of thioether (sulfide) groups is 1. The number of benzene rings is 2. The van der Waals surface area contributed by atoms with E-state index in [1.165, 1.54) is 32.7 Å². The average Bonchev–Trinajstić information content (AvgIpc) is 3.24. The third-order valence-electron chi connectivity index (χ3n) is 7.55. The first kappa shape index (κ1) is 27.5. The van der Waals surface area contributed by atoms with Crippen molar-refractivity contribution in [3.63, 3.8) is 0 Å². The van der Waals surface area contributed by atoms with E-state index >= 15 is 0 Å². The van der Waals surface area contributed by atoms with Gasteiger partial charge in [0, 0.05) is 29.3 Å². The second-order valence-electron chi connectivity index (χ2n) is 11.2. The summed E-state index contributed by atoms with van der Waals surface area (Å²) in [6.45, 7) is 13.7. The van der Waals surface area contributed by atoms with E-state index in [9.17, 15) is 4.79 Å². The molecular formula is C33H38N2O3S. The van der Waals surface area contributed by atoms with Crippen LogP contribution in [-0.4, -0.2) is 47.8 Å². The molecule has 0 spiro atoms. The lowest BCUT2D eigenvalue weighted by atomic mass is 9.87. The minimum Gasteiger partial charge on any atom is -0.492 e. The summed E-state index contributed by atoms with van der Waals surface area (Å²) in [5, 5.41) is 0. The maximum atomic E-state index is 12.6. The fraction of sp³-hybridized carbons (Fsp3) is 0.394. The van der Waals surface area contributed by atoms with Crippen LogP contribution in [0.1, 0.15) is 62.9 Å². The largest absolute Gasteiger partial charge is 0.492 e. The first-order valence-electron chi connectivity index (χ1n) is 13.9. The highest BCUT2D eigenvalue weighted by Gasteiger charge is 2.37. The zero-order chi connectivity index (χ0) is 27.6. The van der Waals surface area contributed by atoms with E-state index in [4.69, 9.17) is 14.5 Å². The topological polar surface area (TPSA) is 51.7 Å². The molecule has 5 nitrogen and oxygen atoms in total. The number of hydrogen-bond acceptors (Lipinski definition) is 6. The normalized spacial score (nSPS) is 16.1. The fourth-order valence-electron chi connectivity index (χ4n) is 5.26. The van der Waals surface area contributed by atoms with E-state index in [-0.39, 0.29) is 11.9 Å². The fourth-order valence-corrected chi connectivity index (χ4v) is 6.34. The van der Waals surface area contributed by atoms with Crippen LogP contribution in [0.15, 0.2) is 65.7 Å². The highest BCUT2D eigenvalue weighted by Crippen LogP contribution is 2.54. The SMILES string of the molecule is CCN(CC)CCOc1ccc(CC2C3=C(CSc4cccnc43)c3cc(OC(=O)C(C)(C)C)ccc32)cc1. The molecule has 1 atom stereocenters. The van der Waals surface area contributed by atoms with Crippen molar-refractivity contribution in [1.29, 1.82) is 0 Å². The van der Waals surface area contributed by atoms with E-state index in [2.05, 4.69) is 61.2 Å². The van der Waals surface area contributed by atoms with Crippen molar-refractivity contribution in [2.45, 2.75) is 51.9 Å². The lowest BCUT2D eigenvalue weighted by Gasteiger charge is -2.22. The van der Waals surface area contributed by atoms with Gasteiger partial charge in [0.05, 0.1) is 11.1 Å². The van der Waals surface area contributed by atoms with Gasteiger partial charge < -0.3 is 14.4 Å². The summed E-state index contributed by atoms with van der Waals surface area (Å²) in [5.74, 6) is 2.35. The number of allylic oxidation sites excluding steroid dienone is 1. The second kappa shape index (κ2) is 11.6. The third-order valence-corrected chi connectivity index (χ3v) is 8.63. The molecule has 0 saturated carbocycles. The van der Waals surface area contributed by atoms with Gasteiger partial charge in [-0.2, -0.15) is 0 Å². The Balaban J connectivity index is 1.41. The summed E-state index contributed by atoms with van der Waals surface area (Å²) in [6, 6.07) is 18.8. The van der Waals surface area contributed by atoms with Crippen LogP contribution in [0.25, 0.3) is 11.1 Å². The van der Waals surface area contributed by atoms with Crippen LogP contribution in [0.4, 0.5) is 0 Å². The van der Waals surface area contributed by atoms with Crippen LogP contribution in [-0.2, 0) is 11.2 Å². The number of rotatable bonds is 9. The molecule has 3 aromatic rings. The number of likely N-dealkylation sites (N-methyl/N-ethyl adjacent to an activating group) is 1. The van der Waals surface area contributed by atoms with Gasteiger partial charge >= 0.3 is 5.97 Å². The van der Waals surface area contributed by atoms with Gasteiger partial charge in [0.25, 0.3) is 0 Å². The van der Waals surface area contributed by atoms with Crippen molar-refractivity contribution in [3.8, 4) is 11.5 Å². The summed E-state index contributed by atoms with van der Waals surface area (Å²) in [6.07, 6.45) is 2.75. The number of pyridine rings is 1. The molecule has 1 aromatic heterocycles. The van der Waals surface area contributed by atoms with Crippen molar-refractivity contribution >= 4 is 28.9 Å². The molecule has 5 rings (SSSR count). The van der Waals surface area contributed by atoms with Gasteiger partial charge in [0.1, 0.15) is 18.1 Å². The summed E-state index contributed by atoms with van der Waals surface area (Å²) >= 11 is 1.83. The van der Waals surface area contributed by atoms with Gasteiger partial charge in [-0.25, -0.2) is 0 Å². The molecule has 204 valence electrons. The van der Waals surface area contributed by atoms with Gasteiger partial charge in [0.15, 0.2) is 0 Å². The number of fused-ring (bicyclic) bond motifs is 4. The predicted molar refractivity (Wildman–Crippen MR) is 159 cm³/mol. The number of nitrogens with zero attached hydrogens (tertiary/aromatic N) is 2. The summed E-state index contributed by atoms with van der Waals surface area (Å²) < 4.78 is 11.8. The van der Waals surface area contributed by atoms with Crippen LogP contribution >= 0.6 is 11.8 Å². The zero-order valence-electron chi connectivity index (χ0n) is 23.6. The Labute approximate surface area is 236 Å². The molecule has 2 heterocycles. The molecule has 1 unspecified atom stereocenters. The van der Waals surface area contributed by atoms with Crippen molar-refractivity contribution in [3.05, 3.63) is 83.2 Å². The Morgan fingerprint density at radius 1 is 1.05 bits per heavy atom. The second-order valence-corrected chi connectivity index (χ2v) is 12.2. The maximum absolute atomic E-state index is 12.6. The van der Waals surface area contributed by atoms with E-state index in [1.54, 1.807) is 0 Å². The van der Waals surface area contributed by atoms with Crippen molar-refractivity contribution in [2.24, 2.45) is 5.41 Å². The van der Waals surface area contributed by atoms with Crippen LogP contribution < -0.4 is 9.47 Å². The summed E-state index contributed by atoms with van der Waals surface area (Å²) in [7, 11) is 0. The number of ether oxygens (including phenoxy) is 2. The molecule has 2 aromatic carbocycles. The molecule has 0 fully saturated rings. The van der Waals surface area contributed by atoms with E-state index < -0.39 is 5.41 Å². The lowest BCUT2D eigenvalue weighted by Crippen LogP contribution is -2.27. The zero-order valence-corrected chi connectivity index (χ0v) is 24.4. The lowest BCUT2D eigenvalue weighted by molar-refractivity contribution is -0.143. The highest BCUT2D eigenvalue weighted by atomic mass is 32.2. The molecule has 0 amide bonds. The van der Waals surface area contributed by atoms with Gasteiger partial charge in [0.2, 0.25) is 0 Å². The Morgan fingerprint density at radius 3 is 2.51 bits per heavy atom. The number of carbonyl (C=O) groups excluding carboxylic acids is 1. The monoisotopic (exact) mass is 542 g/mol. The smallest absolute Gasteiger partial charge is 0.316 e. The van der Waals surface area contributed by atoms with Crippen molar-refractivity contribution < 1.29 is 14.3 Å². The molecule has 1 aliphatic heterocycles. The average molecular weight is 543 g/mol. The summed E-state index contributed by atoms with van der Waals surface area (Å²) in [4.78, 5) is 21.0. The molecule has 2 aliphatic rings. The third kappa shape index (κ3) is 5.92. The van der Waals surface area contributed by atoms with Crippen LogP contribution in [0.5, 0.6) is 11.5 Å². The van der Waals surface area contributed by atoms with E-state index in [1.807, 2.05) is 50.9 Å². The Hall–Kier alpha value is -3.09. The molecule has 39 heavy (non-hydrogen) atoms. The highest BCUT2D eigenvalue weighted by molar-refractivity contribution is 7.99. The Kier molecular flexibility index (Phi) is 8.15. The van der Waals surface area contributed by atoms with Gasteiger partial charge in [-0.05, 0) is 105 Å². The van der Waals surface area contributed by atoms with E-state index in [0.717, 1.165) is 43.3 Å². The van der Waals surface area contributed by atoms with Gasteiger partial charge in [-0.15, -0.1) is 11.8 Å². The molecule has 1 aliphatic carbocycles. The summed E-state index contributed by atoms with van der Waals surface area (Å²) in [5.41, 5.74) is 6.83. The number of hydrogen-bond donors (Lipinski definition) is 0. The number of aromatic nitrogens is 1. The first-order valence-corrected chi connectivity index (χ1v) is 14.9. The molecule has 0 radical (unpaired) electrons. The first-order chi connectivity index (χ1) is 18.8. The Morgan fingerprint density at radius 2 is 1.79 bits per heavy atom. The number of esters is 1. The van der Waals surface area contributed by atoms with Gasteiger partial charge in [-0.1, -0.05) is 32.0 Å². The van der Waals surface area contributed by atoms with Crippen LogP contribution in [0, 0.1) is 5.41 Å². The molecular weight excluding hydrogens is 504 g/mol. The van der Waals surface area contributed by atoms with Gasteiger partial charge in [-0.3, -0.25) is 9.78 Å². The van der Waals surface area contributed by atoms with Crippen LogP contribution in [0.3, 0.4) is 0 Å². The standard InChI is InChI=1S/C33H38N2O3S/c1-6-35(7-2)17-18-37-23-12-10-22(11-13-23)19-27-25-15-14-24(38-32(36)33(3,4)5)20-26(25)28-21-39-29-9-8-16-34-31(29)30(27)28/h8-16,20,27H,6-7,17-19,21H2,1-5H3. The minimum atomic E-state index is -0.559. The molecule has 0 N–H and O–H groups in total. The van der Waals surface area contributed by atoms with Crippen LogP contribution in [0.2, 0.25) is 0 Å².